The van der Waals surface area contributed by atoms with E-state index in [1.54, 1.807) is 23.1 Å². The number of hydrogen-bond acceptors (Lipinski definition) is 4. The van der Waals surface area contributed by atoms with Gasteiger partial charge in [0.25, 0.3) is 5.91 Å². The van der Waals surface area contributed by atoms with Gasteiger partial charge in [-0.05, 0) is 36.8 Å². The summed E-state index contributed by atoms with van der Waals surface area (Å²) in [6.45, 7) is 3.74. The average Bonchev–Trinajstić information content (AvgIpc) is 3.25. The maximum Gasteiger partial charge on any atom is 0.253 e. The van der Waals surface area contributed by atoms with Crippen LogP contribution < -0.4 is 15.1 Å². The van der Waals surface area contributed by atoms with Gasteiger partial charge >= 0.3 is 0 Å². The van der Waals surface area contributed by atoms with E-state index < -0.39 is 0 Å². The second-order valence-corrected chi connectivity index (χ2v) is 8.46. The minimum atomic E-state index is -0.307. The van der Waals surface area contributed by atoms with Gasteiger partial charge < -0.3 is 20.0 Å². The lowest BCUT2D eigenvalue weighted by atomic mass is 10.1. The predicted octanol–water partition coefficient (Wildman–Crippen LogP) is 2.94. The van der Waals surface area contributed by atoms with Crippen LogP contribution in [0.25, 0.3) is 0 Å². The van der Waals surface area contributed by atoms with Gasteiger partial charge in [-0.3, -0.25) is 14.4 Å². The van der Waals surface area contributed by atoms with Crippen LogP contribution in [0.1, 0.15) is 29.6 Å². The fourth-order valence-electron chi connectivity index (χ4n) is 4.21. The highest BCUT2D eigenvalue weighted by Crippen LogP contribution is 2.28. The predicted molar refractivity (Wildman–Crippen MR) is 125 cm³/mol. The summed E-state index contributed by atoms with van der Waals surface area (Å²) in [5.41, 5.74) is 2.09. The van der Waals surface area contributed by atoms with E-state index in [0.717, 1.165) is 19.5 Å². The molecule has 0 aromatic heterocycles. The van der Waals surface area contributed by atoms with Crippen LogP contribution in [0, 0.1) is 0 Å². The van der Waals surface area contributed by atoms with Gasteiger partial charge in [0, 0.05) is 62.8 Å². The molecule has 0 bridgehead atoms. The number of para-hydroxylation sites is 1. The number of halogens is 1. The Hall–Kier alpha value is -3.06. The summed E-state index contributed by atoms with van der Waals surface area (Å²) in [4.78, 5) is 43.3. The first-order valence-corrected chi connectivity index (χ1v) is 11.4. The standard InChI is InChI=1S/C24H27ClN4O3/c25-18-8-9-20(21(17-18)29-12-4-7-23(29)31)24(32)26-11-10-22(30)28-15-13-27(14-16-28)19-5-2-1-3-6-19/h1-3,5-6,8-9,17H,4,7,10-16H2,(H,26,32). The molecular formula is C24H27ClN4O3. The summed E-state index contributed by atoms with van der Waals surface area (Å²) < 4.78 is 0. The molecule has 2 aromatic rings. The summed E-state index contributed by atoms with van der Waals surface area (Å²) in [6, 6.07) is 15.1. The molecule has 7 nitrogen and oxygen atoms in total. The molecule has 2 aliphatic heterocycles. The largest absolute Gasteiger partial charge is 0.368 e. The molecule has 0 unspecified atom stereocenters. The van der Waals surface area contributed by atoms with Gasteiger partial charge in [-0.2, -0.15) is 0 Å². The van der Waals surface area contributed by atoms with Crippen molar-refractivity contribution in [2.45, 2.75) is 19.3 Å². The number of carbonyl (C=O) groups excluding carboxylic acids is 3. The van der Waals surface area contributed by atoms with Crippen LogP contribution >= 0.6 is 11.6 Å². The normalized spacial score (nSPS) is 16.4. The van der Waals surface area contributed by atoms with Crippen molar-refractivity contribution in [3.63, 3.8) is 0 Å². The molecule has 3 amide bonds. The molecule has 2 aromatic carbocycles. The van der Waals surface area contributed by atoms with Gasteiger partial charge in [-0.1, -0.05) is 29.8 Å². The summed E-state index contributed by atoms with van der Waals surface area (Å²) in [7, 11) is 0. The van der Waals surface area contributed by atoms with Crippen LogP contribution in [0.5, 0.6) is 0 Å². The van der Waals surface area contributed by atoms with E-state index in [4.69, 9.17) is 11.6 Å². The lowest BCUT2D eigenvalue weighted by Gasteiger charge is -2.36. The molecule has 0 atom stereocenters. The number of hydrogen-bond donors (Lipinski definition) is 1. The fraction of sp³-hybridized carbons (Fsp3) is 0.375. The van der Waals surface area contributed by atoms with Gasteiger partial charge in [0.05, 0.1) is 11.3 Å². The molecule has 0 radical (unpaired) electrons. The number of anilines is 2. The Balaban J connectivity index is 1.28. The Labute approximate surface area is 192 Å². The smallest absolute Gasteiger partial charge is 0.253 e. The van der Waals surface area contributed by atoms with Crippen molar-refractivity contribution in [3.8, 4) is 0 Å². The zero-order valence-corrected chi connectivity index (χ0v) is 18.7. The van der Waals surface area contributed by atoms with Gasteiger partial charge in [-0.25, -0.2) is 0 Å². The summed E-state index contributed by atoms with van der Waals surface area (Å²) in [5.74, 6) is -0.284. The molecule has 2 saturated heterocycles. The Morgan fingerprint density at radius 1 is 0.969 bits per heavy atom. The third-order valence-corrected chi connectivity index (χ3v) is 6.18. The molecule has 32 heavy (non-hydrogen) atoms. The number of carbonyl (C=O) groups is 3. The van der Waals surface area contributed by atoms with Crippen molar-refractivity contribution < 1.29 is 14.4 Å². The monoisotopic (exact) mass is 454 g/mol. The molecule has 0 aliphatic carbocycles. The zero-order chi connectivity index (χ0) is 22.5. The molecule has 4 rings (SSSR count). The Morgan fingerprint density at radius 2 is 1.72 bits per heavy atom. The van der Waals surface area contributed by atoms with Gasteiger partial charge in [0.1, 0.15) is 0 Å². The lowest BCUT2D eigenvalue weighted by Crippen LogP contribution is -2.49. The van der Waals surface area contributed by atoms with Gasteiger partial charge in [0.2, 0.25) is 11.8 Å². The van der Waals surface area contributed by atoms with Crippen LogP contribution in [-0.2, 0) is 9.59 Å². The van der Waals surface area contributed by atoms with Crippen LogP contribution in [-0.4, -0.2) is 61.9 Å². The fourth-order valence-corrected chi connectivity index (χ4v) is 4.38. The van der Waals surface area contributed by atoms with Crippen molar-refractivity contribution in [1.82, 2.24) is 10.2 Å². The Bertz CT molecular complexity index is 990. The number of benzene rings is 2. The van der Waals surface area contributed by atoms with E-state index in [0.29, 0.717) is 42.3 Å². The maximum absolute atomic E-state index is 12.8. The summed E-state index contributed by atoms with van der Waals surface area (Å²) >= 11 is 6.11. The maximum atomic E-state index is 12.8. The van der Waals surface area contributed by atoms with E-state index in [1.165, 1.54) is 5.69 Å². The van der Waals surface area contributed by atoms with Crippen molar-refractivity contribution >= 4 is 40.7 Å². The minimum Gasteiger partial charge on any atom is -0.368 e. The minimum absolute atomic E-state index is 0.00820. The second-order valence-electron chi connectivity index (χ2n) is 8.02. The summed E-state index contributed by atoms with van der Waals surface area (Å²) in [5, 5.41) is 3.30. The van der Waals surface area contributed by atoms with Crippen LogP contribution in [0.2, 0.25) is 5.02 Å². The SMILES string of the molecule is O=C(NCCC(=O)N1CCN(c2ccccc2)CC1)c1ccc(Cl)cc1N1CCCC1=O. The Kier molecular flexibility index (Phi) is 6.95. The third-order valence-electron chi connectivity index (χ3n) is 5.95. The van der Waals surface area contributed by atoms with E-state index in [1.807, 2.05) is 23.1 Å². The topological polar surface area (TPSA) is 73.0 Å². The first-order valence-electron chi connectivity index (χ1n) is 11.0. The lowest BCUT2D eigenvalue weighted by molar-refractivity contribution is -0.131. The molecule has 0 saturated carbocycles. The average molecular weight is 455 g/mol. The second kappa shape index (κ2) is 10.0. The molecule has 1 N–H and O–H groups in total. The first kappa shape index (κ1) is 22.1. The highest BCUT2D eigenvalue weighted by Gasteiger charge is 2.26. The molecular weight excluding hydrogens is 428 g/mol. The van der Waals surface area contributed by atoms with E-state index >= 15 is 0 Å². The van der Waals surface area contributed by atoms with Gasteiger partial charge in [-0.15, -0.1) is 0 Å². The van der Waals surface area contributed by atoms with Crippen LogP contribution in [0.4, 0.5) is 11.4 Å². The van der Waals surface area contributed by atoms with Crippen molar-refractivity contribution in [3.05, 3.63) is 59.1 Å². The van der Waals surface area contributed by atoms with Crippen molar-refractivity contribution in [2.75, 3.05) is 49.1 Å². The number of nitrogens with zero attached hydrogens (tertiary/aromatic N) is 3. The molecule has 2 heterocycles. The molecule has 2 fully saturated rings. The molecule has 2 aliphatic rings. The number of piperazine rings is 1. The quantitative estimate of drug-likeness (QED) is 0.728. The molecule has 8 heteroatoms. The van der Waals surface area contributed by atoms with Crippen LogP contribution in [0.3, 0.4) is 0 Å². The third kappa shape index (κ3) is 5.05. The van der Waals surface area contributed by atoms with Crippen LogP contribution in [0.15, 0.2) is 48.5 Å². The van der Waals surface area contributed by atoms with E-state index in [9.17, 15) is 14.4 Å². The van der Waals surface area contributed by atoms with E-state index in [-0.39, 0.29) is 30.7 Å². The number of nitrogens with one attached hydrogen (secondary N) is 1. The van der Waals surface area contributed by atoms with E-state index in [2.05, 4.69) is 22.3 Å². The molecule has 168 valence electrons. The number of rotatable bonds is 6. The van der Waals surface area contributed by atoms with Crippen molar-refractivity contribution in [2.24, 2.45) is 0 Å². The Morgan fingerprint density at radius 3 is 2.41 bits per heavy atom. The highest BCUT2D eigenvalue weighted by atomic mass is 35.5. The van der Waals surface area contributed by atoms with Gasteiger partial charge in [0.15, 0.2) is 0 Å². The number of amides is 3. The first-order chi connectivity index (χ1) is 15.5. The molecule has 0 spiro atoms. The zero-order valence-electron chi connectivity index (χ0n) is 17.9. The summed E-state index contributed by atoms with van der Waals surface area (Å²) in [6.07, 6.45) is 1.47. The van der Waals surface area contributed by atoms with Crippen molar-refractivity contribution in [1.29, 1.82) is 0 Å². The highest BCUT2D eigenvalue weighted by molar-refractivity contribution is 6.31.